The highest BCUT2D eigenvalue weighted by molar-refractivity contribution is 5.94. The number of hydrogen-bond acceptors (Lipinski definition) is 3. The van der Waals surface area contributed by atoms with Crippen LogP contribution in [0, 0.1) is 5.92 Å². The third kappa shape index (κ3) is 3.82. The number of aliphatic hydroxyl groups is 1. The molecule has 2 rings (SSSR count). The Morgan fingerprint density at radius 2 is 2.06 bits per heavy atom. The Labute approximate surface area is 107 Å². The molecule has 1 aliphatic carbocycles. The number of rotatable bonds is 6. The van der Waals surface area contributed by atoms with Crippen molar-refractivity contribution in [1.29, 1.82) is 0 Å². The zero-order chi connectivity index (χ0) is 13.0. The molecule has 2 atom stereocenters. The number of aliphatic hydroxyl groups excluding tert-OH is 1. The van der Waals surface area contributed by atoms with Gasteiger partial charge in [-0.3, -0.25) is 4.79 Å². The maximum atomic E-state index is 11.9. The van der Waals surface area contributed by atoms with Crippen LogP contribution in [0.15, 0.2) is 30.3 Å². The standard InChI is InChI=1S/C14H20N2O2/c1-10(15-9-13(17)11-7-8-11)14(18)16-12-5-3-2-4-6-12/h2-6,10-11,13,15,17H,7-9H2,1H3,(H,16,18). The van der Waals surface area contributed by atoms with Crippen LogP contribution in [-0.4, -0.2) is 29.7 Å². The van der Waals surface area contributed by atoms with E-state index >= 15 is 0 Å². The molecule has 18 heavy (non-hydrogen) atoms. The third-order valence-electron chi connectivity index (χ3n) is 3.23. The van der Waals surface area contributed by atoms with E-state index in [9.17, 15) is 9.90 Å². The number of nitrogens with one attached hydrogen (secondary N) is 2. The van der Waals surface area contributed by atoms with E-state index < -0.39 is 0 Å². The van der Waals surface area contributed by atoms with Gasteiger partial charge < -0.3 is 15.7 Å². The first-order valence-corrected chi connectivity index (χ1v) is 6.44. The summed E-state index contributed by atoms with van der Waals surface area (Å²) in [5, 5.41) is 15.6. The minimum absolute atomic E-state index is 0.0794. The summed E-state index contributed by atoms with van der Waals surface area (Å²) < 4.78 is 0. The van der Waals surface area contributed by atoms with E-state index in [1.54, 1.807) is 6.92 Å². The highest BCUT2D eigenvalue weighted by Gasteiger charge is 2.29. The fourth-order valence-corrected chi connectivity index (χ4v) is 1.81. The monoisotopic (exact) mass is 248 g/mol. The Morgan fingerprint density at radius 1 is 1.39 bits per heavy atom. The molecular formula is C14H20N2O2. The van der Waals surface area contributed by atoms with E-state index in [-0.39, 0.29) is 18.1 Å². The van der Waals surface area contributed by atoms with Gasteiger partial charge in [-0.2, -0.15) is 0 Å². The molecule has 0 radical (unpaired) electrons. The molecule has 1 aromatic carbocycles. The second-order valence-corrected chi connectivity index (χ2v) is 4.89. The smallest absolute Gasteiger partial charge is 0.241 e. The van der Waals surface area contributed by atoms with Crippen LogP contribution in [0.4, 0.5) is 5.69 Å². The van der Waals surface area contributed by atoms with E-state index in [1.807, 2.05) is 30.3 Å². The molecule has 1 aliphatic rings. The van der Waals surface area contributed by atoms with Crippen molar-refractivity contribution in [3.8, 4) is 0 Å². The summed E-state index contributed by atoms with van der Waals surface area (Å²) in [6.45, 7) is 2.28. The van der Waals surface area contributed by atoms with Crippen LogP contribution in [0.25, 0.3) is 0 Å². The molecule has 0 aromatic heterocycles. The van der Waals surface area contributed by atoms with Crippen molar-refractivity contribution in [3.05, 3.63) is 30.3 Å². The lowest BCUT2D eigenvalue weighted by Crippen LogP contribution is -2.42. The van der Waals surface area contributed by atoms with Crippen LogP contribution in [-0.2, 0) is 4.79 Å². The lowest BCUT2D eigenvalue weighted by molar-refractivity contribution is -0.117. The first kappa shape index (κ1) is 13.1. The van der Waals surface area contributed by atoms with Crippen LogP contribution in [0.3, 0.4) is 0 Å². The van der Waals surface area contributed by atoms with Crippen molar-refractivity contribution in [2.75, 3.05) is 11.9 Å². The van der Waals surface area contributed by atoms with Gasteiger partial charge in [-0.15, -0.1) is 0 Å². The molecule has 2 unspecified atom stereocenters. The predicted molar refractivity (Wildman–Crippen MR) is 71.3 cm³/mol. The molecule has 0 spiro atoms. The number of carbonyl (C=O) groups is 1. The first-order chi connectivity index (χ1) is 8.66. The van der Waals surface area contributed by atoms with Crippen LogP contribution < -0.4 is 10.6 Å². The van der Waals surface area contributed by atoms with Crippen molar-refractivity contribution in [2.24, 2.45) is 5.92 Å². The van der Waals surface area contributed by atoms with Crippen LogP contribution >= 0.6 is 0 Å². The molecule has 0 aliphatic heterocycles. The molecule has 1 saturated carbocycles. The summed E-state index contributed by atoms with van der Waals surface area (Å²) in [6.07, 6.45) is 1.89. The zero-order valence-corrected chi connectivity index (χ0v) is 10.6. The molecule has 1 fully saturated rings. The molecule has 1 amide bonds. The third-order valence-corrected chi connectivity index (χ3v) is 3.23. The fraction of sp³-hybridized carbons (Fsp3) is 0.500. The minimum atomic E-state index is -0.322. The fourth-order valence-electron chi connectivity index (χ4n) is 1.81. The molecule has 0 bridgehead atoms. The number of carbonyl (C=O) groups excluding carboxylic acids is 1. The number of benzene rings is 1. The SMILES string of the molecule is CC(NCC(O)C1CC1)C(=O)Nc1ccccc1. The lowest BCUT2D eigenvalue weighted by atomic mass is 10.2. The van der Waals surface area contributed by atoms with Crippen LogP contribution in [0.2, 0.25) is 0 Å². The van der Waals surface area contributed by atoms with Gasteiger partial charge in [-0.05, 0) is 37.8 Å². The summed E-state index contributed by atoms with van der Waals surface area (Å²) in [7, 11) is 0. The van der Waals surface area contributed by atoms with Gasteiger partial charge in [0, 0.05) is 12.2 Å². The largest absolute Gasteiger partial charge is 0.392 e. The Hall–Kier alpha value is -1.39. The van der Waals surface area contributed by atoms with Crippen LogP contribution in [0.1, 0.15) is 19.8 Å². The zero-order valence-electron chi connectivity index (χ0n) is 10.6. The van der Waals surface area contributed by atoms with E-state index in [4.69, 9.17) is 0 Å². The van der Waals surface area contributed by atoms with Gasteiger partial charge in [0.1, 0.15) is 0 Å². The number of amides is 1. The molecule has 4 heteroatoms. The second kappa shape index (κ2) is 5.98. The molecule has 0 saturated heterocycles. The number of hydrogen-bond donors (Lipinski definition) is 3. The van der Waals surface area contributed by atoms with E-state index in [0.29, 0.717) is 12.5 Å². The molecule has 4 nitrogen and oxygen atoms in total. The van der Waals surface area contributed by atoms with Gasteiger partial charge >= 0.3 is 0 Å². The average Bonchev–Trinajstić information content (AvgIpc) is 3.21. The van der Waals surface area contributed by atoms with Gasteiger partial charge in [0.2, 0.25) is 5.91 Å². The van der Waals surface area contributed by atoms with E-state index in [0.717, 1.165) is 18.5 Å². The average molecular weight is 248 g/mol. The second-order valence-electron chi connectivity index (χ2n) is 4.89. The highest BCUT2D eigenvalue weighted by Crippen LogP contribution is 2.32. The number of para-hydroxylation sites is 1. The highest BCUT2D eigenvalue weighted by atomic mass is 16.3. The van der Waals surface area contributed by atoms with Gasteiger partial charge in [0.05, 0.1) is 12.1 Å². The summed E-state index contributed by atoms with van der Waals surface area (Å²) in [5.74, 6) is 0.353. The van der Waals surface area contributed by atoms with Crippen molar-refractivity contribution in [3.63, 3.8) is 0 Å². The summed E-state index contributed by atoms with van der Waals surface area (Å²) in [4.78, 5) is 11.9. The Morgan fingerprint density at radius 3 is 2.67 bits per heavy atom. The molecule has 0 heterocycles. The van der Waals surface area contributed by atoms with Crippen molar-refractivity contribution < 1.29 is 9.90 Å². The molecular weight excluding hydrogens is 228 g/mol. The first-order valence-electron chi connectivity index (χ1n) is 6.44. The summed E-state index contributed by atoms with van der Waals surface area (Å²) >= 11 is 0. The molecule has 98 valence electrons. The topological polar surface area (TPSA) is 61.4 Å². The van der Waals surface area contributed by atoms with E-state index in [2.05, 4.69) is 10.6 Å². The molecule has 3 N–H and O–H groups in total. The maximum absolute atomic E-state index is 11.9. The van der Waals surface area contributed by atoms with E-state index in [1.165, 1.54) is 0 Å². The van der Waals surface area contributed by atoms with Crippen molar-refractivity contribution >= 4 is 11.6 Å². The number of anilines is 1. The Kier molecular flexibility index (Phi) is 4.33. The normalized spacial score (nSPS) is 18.1. The minimum Gasteiger partial charge on any atom is -0.392 e. The Balaban J connectivity index is 1.74. The lowest BCUT2D eigenvalue weighted by Gasteiger charge is -2.16. The van der Waals surface area contributed by atoms with Gasteiger partial charge in [-0.25, -0.2) is 0 Å². The van der Waals surface area contributed by atoms with Gasteiger partial charge in [0.15, 0.2) is 0 Å². The quantitative estimate of drug-likeness (QED) is 0.712. The van der Waals surface area contributed by atoms with Crippen LogP contribution in [0.5, 0.6) is 0 Å². The summed E-state index contributed by atoms with van der Waals surface area (Å²) in [5.41, 5.74) is 0.791. The maximum Gasteiger partial charge on any atom is 0.241 e. The molecule has 1 aromatic rings. The van der Waals surface area contributed by atoms with Crippen molar-refractivity contribution in [1.82, 2.24) is 5.32 Å². The van der Waals surface area contributed by atoms with Crippen molar-refractivity contribution in [2.45, 2.75) is 31.9 Å². The summed E-state index contributed by atoms with van der Waals surface area (Å²) in [6, 6.07) is 9.06. The predicted octanol–water partition coefficient (Wildman–Crippen LogP) is 1.37. The van der Waals surface area contributed by atoms with Gasteiger partial charge in [0.25, 0.3) is 0 Å². The van der Waals surface area contributed by atoms with Gasteiger partial charge in [-0.1, -0.05) is 18.2 Å². The Bertz CT molecular complexity index is 390.